The van der Waals surface area contributed by atoms with Crippen LogP contribution in [0.25, 0.3) is 43.9 Å². The summed E-state index contributed by atoms with van der Waals surface area (Å²) in [5, 5.41) is 3.74. The van der Waals surface area contributed by atoms with Crippen molar-refractivity contribution in [1.29, 1.82) is 0 Å². The number of fused-ring (bicyclic) bond motifs is 2. The molecule has 5 rings (SSSR count). The Bertz CT molecular complexity index is 1100. The Morgan fingerprint density at radius 2 is 1.46 bits per heavy atom. The predicted octanol–water partition coefficient (Wildman–Crippen LogP) is 6.44. The monoisotopic (exact) mass is 370 g/mol. The Morgan fingerprint density at radius 1 is 0.692 bits per heavy atom. The molecule has 0 atom stereocenters. The maximum absolute atomic E-state index is 4.59. The van der Waals surface area contributed by atoms with Gasteiger partial charge in [0, 0.05) is 11.7 Å². The molecular weight excluding hydrogens is 354 g/mol. The quantitative estimate of drug-likeness (QED) is 0.326. The molecule has 0 amide bonds. The average molecular weight is 370 g/mol. The van der Waals surface area contributed by atoms with Crippen LogP contribution in [0.5, 0.6) is 0 Å². The van der Waals surface area contributed by atoms with Crippen molar-refractivity contribution in [2.45, 2.75) is 0 Å². The zero-order chi connectivity index (χ0) is 16.6. The Kier molecular flexibility index (Phi) is 4.39. The van der Waals surface area contributed by atoms with Crippen LogP contribution >= 0.6 is 0 Å². The second-order valence-corrected chi connectivity index (χ2v) is 6.30. The van der Waals surface area contributed by atoms with Crippen molar-refractivity contribution >= 4 is 21.7 Å². The summed E-state index contributed by atoms with van der Waals surface area (Å²) in [5.41, 5.74) is 5.98. The third-order valence-corrected chi connectivity index (χ3v) is 4.80. The van der Waals surface area contributed by atoms with Crippen LogP contribution in [0.3, 0.4) is 0 Å². The molecule has 1 heterocycles. The van der Waals surface area contributed by atoms with Gasteiger partial charge < -0.3 is 0 Å². The SMILES string of the molecule is [Cr+3].c1ccc2c(-c3cc[c-](-c4cccc5cccnc45)c3)cccc2c1. The summed E-state index contributed by atoms with van der Waals surface area (Å²) in [6, 6.07) is 32.2. The molecule has 26 heavy (non-hydrogen) atoms. The molecule has 1 nitrogen and oxygen atoms in total. The number of para-hydroxylation sites is 1. The molecule has 0 N–H and O–H groups in total. The van der Waals surface area contributed by atoms with Gasteiger partial charge in [-0.2, -0.15) is 0 Å². The molecule has 121 valence electrons. The van der Waals surface area contributed by atoms with Crippen molar-refractivity contribution in [1.82, 2.24) is 4.98 Å². The second-order valence-electron chi connectivity index (χ2n) is 6.30. The van der Waals surface area contributed by atoms with Gasteiger partial charge in [0.2, 0.25) is 0 Å². The fourth-order valence-corrected chi connectivity index (χ4v) is 3.59. The summed E-state index contributed by atoms with van der Waals surface area (Å²) < 4.78 is 0. The van der Waals surface area contributed by atoms with Gasteiger partial charge in [-0.25, -0.2) is 0 Å². The molecule has 0 saturated heterocycles. The van der Waals surface area contributed by atoms with E-state index < -0.39 is 0 Å². The smallest absolute Gasteiger partial charge is 0.294 e. The molecule has 0 bridgehead atoms. The zero-order valence-electron chi connectivity index (χ0n) is 14.1. The Balaban J connectivity index is 0.00000168. The van der Waals surface area contributed by atoms with Gasteiger partial charge in [0.25, 0.3) is 0 Å². The van der Waals surface area contributed by atoms with Crippen molar-refractivity contribution < 1.29 is 17.4 Å². The van der Waals surface area contributed by atoms with E-state index in [9.17, 15) is 0 Å². The minimum atomic E-state index is 0. The third kappa shape index (κ3) is 2.74. The number of pyridine rings is 1. The minimum Gasteiger partial charge on any atom is -0.294 e. The molecule has 0 aliphatic rings. The summed E-state index contributed by atoms with van der Waals surface area (Å²) in [5.74, 6) is 0. The molecule has 0 aliphatic heterocycles. The van der Waals surface area contributed by atoms with Crippen LogP contribution < -0.4 is 0 Å². The Hall–Kier alpha value is -2.79. The molecular formula is C24H16CrN+2. The number of hydrogen-bond donors (Lipinski definition) is 0. The van der Waals surface area contributed by atoms with E-state index in [4.69, 9.17) is 0 Å². The minimum absolute atomic E-state index is 0. The van der Waals surface area contributed by atoms with Gasteiger partial charge in [-0.05, 0) is 22.2 Å². The largest absolute Gasteiger partial charge is 3.00 e. The van der Waals surface area contributed by atoms with E-state index in [2.05, 4.69) is 89.9 Å². The van der Waals surface area contributed by atoms with Gasteiger partial charge in [0.15, 0.2) is 0 Å². The maximum atomic E-state index is 4.59. The first-order valence-corrected chi connectivity index (χ1v) is 8.49. The first-order chi connectivity index (χ1) is 12.4. The average Bonchev–Trinajstić information content (AvgIpc) is 3.17. The molecule has 1 aromatic heterocycles. The van der Waals surface area contributed by atoms with Gasteiger partial charge in [-0.1, -0.05) is 77.4 Å². The summed E-state index contributed by atoms with van der Waals surface area (Å²) in [7, 11) is 0. The fourth-order valence-electron chi connectivity index (χ4n) is 3.59. The van der Waals surface area contributed by atoms with E-state index in [1.807, 2.05) is 12.3 Å². The summed E-state index contributed by atoms with van der Waals surface area (Å²) in [6.45, 7) is 0. The van der Waals surface area contributed by atoms with E-state index in [1.54, 1.807) is 0 Å². The third-order valence-electron chi connectivity index (χ3n) is 4.80. The van der Waals surface area contributed by atoms with Crippen molar-refractivity contribution in [3.63, 3.8) is 0 Å². The van der Waals surface area contributed by atoms with Gasteiger partial charge in [-0.3, -0.25) is 4.98 Å². The van der Waals surface area contributed by atoms with Gasteiger partial charge in [0.1, 0.15) is 0 Å². The van der Waals surface area contributed by atoms with Crippen molar-refractivity contribution in [2.75, 3.05) is 0 Å². The first-order valence-electron chi connectivity index (χ1n) is 8.49. The normalized spacial score (nSPS) is 10.8. The molecule has 5 aromatic rings. The van der Waals surface area contributed by atoms with Crippen LogP contribution in [0.1, 0.15) is 0 Å². The first kappa shape index (κ1) is 16.7. The predicted molar refractivity (Wildman–Crippen MR) is 106 cm³/mol. The van der Waals surface area contributed by atoms with Crippen molar-refractivity contribution in [2.24, 2.45) is 0 Å². The Morgan fingerprint density at radius 3 is 2.42 bits per heavy atom. The summed E-state index contributed by atoms with van der Waals surface area (Å²) >= 11 is 0. The van der Waals surface area contributed by atoms with E-state index in [1.165, 1.54) is 38.4 Å². The van der Waals surface area contributed by atoms with E-state index in [0.29, 0.717) is 0 Å². The molecule has 0 unspecified atom stereocenters. The maximum Gasteiger partial charge on any atom is 3.00 e. The number of hydrogen-bond acceptors (Lipinski definition) is 1. The van der Waals surface area contributed by atoms with E-state index in [-0.39, 0.29) is 17.4 Å². The van der Waals surface area contributed by atoms with Gasteiger partial charge >= 0.3 is 17.4 Å². The van der Waals surface area contributed by atoms with Crippen molar-refractivity contribution in [3.05, 3.63) is 97.2 Å². The number of benzene rings is 3. The number of aromatic nitrogens is 1. The second kappa shape index (κ2) is 6.84. The molecule has 1 radical (unpaired) electrons. The Labute approximate surface area is 163 Å². The van der Waals surface area contributed by atoms with Crippen LogP contribution in [0.4, 0.5) is 0 Å². The van der Waals surface area contributed by atoms with Crippen LogP contribution in [-0.4, -0.2) is 4.98 Å². The topological polar surface area (TPSA) is 12.9 Å². The molecule has 2 heteroatoms. The zero-order valence-corrected chi connectivity index (χ0v) is 15.4. The molecule has 0 fully saturated rings. The van der Waals surface area contributed by atoms with Crippen LogP contribution in [0, 0.1) is 0 Å². The van der Waals surface area contributed by atoms with Crippen LogP contribution in [0.15, 0.2) is 97.2 Å². The van der Waals surface area contributed by atoms with Crippen LogP contribution in [0.2, 0.25) is 0 Å². The van der Waals surface area contributed by atoms with E-state index in [0.717, 1.165) is 5.52 Å². The summed E-state index contributed by atoms with van der Waals surface area (Å²) in [6.07, 6.45) is 1.86. The molecule has 0 aliphatic carbocycles. The number of nitrogens with zero attached hydrogens (tertiary/aromatic N) is 1. The molecule has 4 aromatic carbocycles. The van der Waals surface area contributed by atoms with Gasteiger partial charge in [-0.15, -0.1) is 29.8 Å². The van der Waals surface area contributed by atoms with Crippen LogP contribution in [-0.2, 0) is 17.4 Å². The number of rotatable bonds is 2. The van der Waals surface area contributed by atoms with Gasteiger partial charge in [0.05, 0.1) is 0 Å². The standard InChI is InChI=1S/C24H16N.Cr/c1-2-10-21-17(6-1)7-3-11-22(21)19-13-14-20(16-19)23-12-4-8-18-9-5-15-25-24(18)23;/h1-16H;/q-1;+3. The van der Waals surface area contributed by atoms with E-state index >= 15 is 0 Å². The van der Waals surface area contributed by atoms with Crippen molar-refractivity contribution in [3.8, 4) is 22.3 Å². The molecule has 0 spiro atoms. The fraction of sp³-hybridized carbons (Fsp3) is 0. The molecule has 0 saturated carbocycles. The summed E-state index contributed by atoms with van der Waals surface area (Å²) in [4.78, 5) is 4.59.